The second-order valence-corrected chi connectivity index (χ2v) is 7.63. The van der Waals surface area contributed by atoms with Crippen LogP contribution in [0.1, 0.15) is 17.5 Å². The third kappa shape index (κ3) is 4.51. The summed E-state index contributed by atoms with van der Waals surface area (Å²) < 4.78 is 0. The van der Waals surface area contributed by atoms with Crippen LogP contribution in [0.15, 0.2) is 53.5 Å². The SMILES string of the molecule is Cc1ccc(N2NC(C(=O)N3CCCN(c4ccc(C#N)cc4)CC3)=NCC2=O)cc1. The number of carbonyl (C=O) groups excluding carboxylic acids is 2. The van der Waals surface area contributed by atoms with Crippen molar-refractivity contribution in [3.05, 3.63) is 59.7 Å². The topological polar surface area (TPSA) is 92.0 Å². The summed E-state index contributed by atoms with van der Waals surface area (Å²) in [5, 5.41) is 10.4. The molecule has 8 nitrogen and oxygen atoms in total. The van der Waals surface area contributed by atoms with E-state index in [9.17, 15) is 9.59 Å². The van der Waals surface area contributed by atoms with Gasteiger partial charge in [-0.3, -0.25) is 20.0 Å². The number of rotatable bonds is 3. The van der Waals surface area contributed by atoms with Crippen LogP contribution in [0.5, 0.6) is 0 Å². The minimum atomic E-state index is -0.205. The van der Waals surface area contributed by atoms with Crippen molar-refractivity contribution in [3.8, 4) is 6.07 Å². The predicted octanol–water partition coefficient (Wildman–Crippen LogP) is 1.86. The Morgan fingerprint density at radius 2 is 1.71 bits per heavy atom. The first-order valence-corrected chi connectivity index (χ1v) is 10.3. The molecule has 0 aliphatic carbocycles. The fourth-order valence-electron chi connectivity index (χ4n) is 3.71. The maximum absolute atomic E-state index is 13.1. The van der Waals surface area contributed by atoms with Gasteiger partial charge >= 0.3 is 0 Å². The number of aliphatic imine (C=N–C) groups is 1. The number of benzene rings is 2. The van der Waals surface area contributed by atoms with Crippen LogP contribution in [0, 0.1) is 18.3 Å². The lowest BCUT2D eigenvalue weighted by Crippen LogP contribution is -2.56. The number of hydrogen-bond acceptors (Lipinski definition) is 6. The molecule has 31 heavy (non-hydrogen) atoms. The number of nitrogens with one attached hydrogen (secondary N) is 1. The van der Waals surface area contributed by atoms with Crippen molar-refractivity contribution in [1.82, 2.24) is 10.3 Å². The average molecular weight is 416 g/mol. The van der Waals surface area contributed by atoms with Crippen molar-refractivity contribution in [3.63, 3.8) is 0 Å². The Morgan fingerprint density at radius 1 is 1.00 bits per heavy atom. The lowest BCUT2D eigenvalue weighted by molar-refractivity contribution is -0.124. The van der Waals surface area contributed by atoms with Crippen LogP contribution >= 0.6 is 0 Å². The molecule has 2 aromatic rings. The van der Waals surface area contributed by atoms with Gasteiger partial charge in [0.1, 0.15) is 6.54 Å². The van der Waals surface area contributed by atoms with E-state index in [1.54, 1.807) is 17.0 Å². The summed E-state index contributed by atoms with van der Waals surface area (Å²) in [6.45, 7) is 4.59. The quantitative estimate of drug-likeness (QED) is 0.825. The number of aryl methyl sites for hydroxylation is 1. The average Bonchev–Trinajstić information content (AvgIpc) is 3.06. The molecule has 0 saturated carbocycles. The van der Waals surface area contributed by atoms with Crippen molar-refractivity contribution in [2.24, 2.45) is 4.99 Å². The van der Waals surface area contributed by atoms with Crippen LogP contribution in [-0.2, 0) is 9.59 Å². The molecule has 2 aromatic carbocycles. The fourth-order valence-corrected chi connectivity index (χ4v) is 3.71. The van der Waals surface area contributed by atoms with Crippen LogP contribution in [0.4, 0.5) is 11.4 Å². The van der Waals surface area contributed by atoms with E-state index in [4.69, 9.17) is 5.26 Å². The lowest BCUT2D eigenvalue weighted by atomic mass is 10.2. The molecule has 0 unspecified atom stereocenters. The molecule has 1 N–H and O–H groups in total. The van der Waals surface area contributed by atoms with Crippen LogP contribution in [0.3, 0.4) is 0 Å². The highest BCUT2D eigenvalue weighted by Gasteiger charge is 2.29. The smallest absolute Gasteiger partial charge is 0.290 e. The number of carbonyl (C=O) groups is 2. The van der Waals surface area contributed by atoms with Crippen LogP contribution in [0.2, 0.25) is 0 Å². The number of nitrogens with zero attached hydrogens (tertiary/aromatic N) is 5. The molecule has 1 saturated heterocycles. The maximum atomic E-state index is 13.1. The largest absolute Gasteiger partial charge is 0.370 e. The third-order valence-corrected chi connectivity index (χ3v) is 5.48. The highest BCUT2D eigenvalue weighted by molar-refractivity contribution is 6.39. The van der Waals surface area contributed by atoms with Gasteiger partial charge in [-0.15, -0.1) is 0 Å². The van der Waals surface area contributed by atoms with Crippen LogP contribution in [-0.4, -0.2) is 55.3 Å². The van der Waals surface area contributed by atoms with Gasteiger partial charge < -0.3 is 9.80 Å². The zero-order valence-corrected chi connectivity index (χ0v) is 17.4. The van der Waals surface area contributed by atoms with E-state index >= 15 is 0 Å². The first-order valence-electron chi connectivity index (χ1n) is 10.3. The van der Waals surface area contributed by atoms with Gasteiger partial charge in [-0.05, 0) is 49.7 Å². The number of hydrazine groups is 1. The normalized spacial score (nSPS) is 16.8. The monoisotopic (exact) mass is 416 g/mol. The summed E-state index contributed by atoms with van der Waals surface area (Å²) in [4.78, 5) is 33.6. The summed E-state index contributed by atoms with van der Waals surface area (Å²) in [5.74, 6) is -0.221. The van der Waals surface area contributed by atoms with Gasteiger partial charge in [0, 0.05) is 31.9 Å². The number of anilines is 2. The van der Waals surface area contributed by atoms with Crippen molar-refractivity contribution in [1.29, 1.82) is 5.26 Å². The van der Waals surface area contributed by atoms with Gasteiger partial charge in [0.05, 0.1) is 17.3 Å². The molecule has 2 heterocycles. The Balaban J connectivity index is 1.42. The van der Waals surface area contributed by atoms with Crippen LogP contribution < -0.4 is 15.3 Å². The Hall–Kier alpha value is -3.86. The van der Waals surface area contributed by atoms with E-state index in [0.717, 1.165) is 24.2 Å². The molecule has 2 amide bonds. The van der Waals surface area contributed by atoms with E-state index in [2.05, 4.69) is 21.4 Å². The molecule has 2 aliphatic heterocycles. The standard InChI is InChI=1S/C23H24N6O2/c1-17-3-7-20(8-4-17)29-21(30)16-25-22(26-29)23(31)28-12-2-11-27(13-14-28)19-9-5-18(15-24)6-10-19/h3-10H,2,11-14,16H2,1H3,(H,25,26). The van der Waals surface area contributed by atoms with Crippen molar-refractivity contribution >= 4 is 29.0 Å². The first-order chi connectivity index (χ1) is 15.0. The number of amidine groups is 1. The molecular formula is C23H24N6O2. The molecule has 0 spiro atoms. The Bertz CT molecular complexity index is 1040. The first kappa shape index (κ1) is 20.4. The molecule has 8 heteroatoms. The molecular weight excluding hydrogens is 392 g/mol. The van der Waals surface area contributed by atoms with Gasteiger partial charge in [-0.1, -0.05) is 17.7 Å². The summed E-state index contributed by atoms with van der Waals surface area (Å²) in [6.07, 6.45) is 0.819. The minimum Gasteiger partial charge on any atom is -0.370 e. The molecule has 0 atom stereocenters. The third-order valence-electron chi connectivity index (χ3n) is 5.48. The van der Waals surface area contributed by atoms with E-state index in [-0.39, 0.29) is 24.2 Å². The van der Waals surface area contributed by atoms with Gasteiger partial charge in [0.15, 0.2) is 0 Å². The molecule has 4 rings (SSSR count). The molecule has 0 aromatic heterocycles. The number of nitriles is 1. The maximum Gasteiger partial charge on any atom is 0.290 e. The molecule has 1 fully saturated rings. The van der Waals surface area contributed by atoms with E-state index in [1.807, 2.05) is 43.3 Å². The second kappa shape index (κ2) is 8.88. The Kier molecular flexibility index (Phi) is 5.85. The summed E-state index contributed by atoms with van der Waals surface area (Å²) in [7, 11) is 0. The predicted molar refractivity (Wildman–Crippen MR) is 119 cm³/mol. The Morgan fingerprint density at radius 3 is 2.42 bits per heavy atom. The number of amides is 2. The molecule has 2 aliphatic rings. The summed E-state index contributed by atoms with van der Waals surface area (Å²) in [6, 6.07) is 17.1. The fraction of sp³-hybridized carbons (Fsp3) is 0.304. The summed E-state index contributed by atoms with van der Waals surface area (Å²) >= 11 is 0. The zero-order valence-electron chi connectivity index (χ0n) is 17.4. The Labute approximate surface area is 181 Å². The summed E-state index contributed by atoms with van der Waals surface area (Å²) in [5.41, 5.74) is 6.35. The van der Waals surface area contributed by atoms with E-state index in [0.29, 0.717) is 30.9 Å². The van der Waals surface area contributed by atoms with Crippen molar-refractivity contribution in [2.45, 2.75) is 13.3 Å². The highest BCUT2D eigenvalue weighted by atomic mass is 16.2. The van der Waals surface area contributed by atoms with Crippen LogP contribution in [0.25, 0.3) is 0 Å². The highest BCUT2D eigenvalue weighted by Crippen LogP contribution is 2.18. The van der Waals surface area contributed by atoms with Gasteiger partial charge in [0.2, 0.25) is 5.84 Å². The van der Waals surface area contributed by atoms with E-state index in [1.165, 1.54) is 5.01 Å². The number of hydrogen-bond donors (Lipinski definition) is 1. The molecule has 158 valence electrons. The van der Waals surface area contributed by atoms with E-state index < -0.39 is 0 Å². The minimum absolute atomic E-state index is 0.0623. The zero-order chi connectivity index (χ0) is 21.8. The van der Waals surface area contributed by atoms with Gasteiger partial charge in [0.25, 0.3) is 11.8 Å². The molecule has 0 radical (unpaired) electrons. The van der Waals surface area contributed by atoms with Gasteiger partial charge in [-0.25, -0.2) is 5.01 Å². The lowest BCUT2D eigenvalue weighted by Gasteiger charge is -2.30. The van der Waals surface area contributed by atoms with Gasteiger partial charge in [-0.2, -0.15) is 5.26 Å². The van der Waals surface area contributed by atoms with Crippen molar-refractivity contribution in [2.75, 3.05) is 42.6 Å². The molecule has 0 bridgehead atoms. The second-order valence-electron chi connectivity index (χ2n) is 7.63. The van der Waals surface area contributed by atoms with Crippen molar-refractivity contribution < 1.29 is 9.59 Å².